The van der Waals surface area contributed by atoms with Gasteiger partial charge in [0.2, 0.25) is 0 Å². The Kier molecular flexibility index (Phi) is 7.47. The third-order valence-electron chi connectivity index (χ3n) is 6.44. The molecule has 1 aliphatic heterocycles. The minimum absolute atomic E-state index is 0.0778. The van der Waals surface area contributed by atoms with Crippen LogP contribution in [-0.2, 0) is 16.1 Å². The molecule has 0 aliphatic carbocycles. The number of carbonyl (C=O) groups is 3. The molecule has 1 atom stereocenters. The molecule has 37 heavy (non-hydrogen) atoms. The van der Waals surface area contributed by atoms with E-state index in [2.05, 4.69) is 5.32 Å². The van der Waals surface area contributed by atoms with Crippen molar-refractivity contribution in [1.82, 2.24) is 4.90 Å². The maximum atomic E-state index is 13.2. The largest absolute Gasteiger partial charge is 0.497 e. The van der Waals surface area contributed by atoms with Gasteiger partial charge in [-0.15, -0.1) is 0 Å². The van der Waals surface area contributed by atoms with E-state index in [4.69, 9.17) is 14.2 Å². The summed E-state index contributed by atoms with van der Waals surface area (Å²) in [6.45, 7) is 4.16. The normalized spacial score (nSPS) is 13.2. The maximum Gasteiger partial charge on any atom is 0.328 e. The molecule has 1 heterocycles. The lowest BCUT2D eigenvalue weighted by Crippen LogP contribution is -2.45. The van der Waals surface area contributed by atoms with Crippen molar-refractivity contribution in [3.8, 4) is 22.6 Å². The molecule has 0 saturated carbocycles. The molecule has 2 amide bonds. The fourth-order valence-electron chi connectivity index (χ4n) is 4.50. The van der Waals surface area contributed by atoms with Crippen molar-refractivity contribution in [1.29, 1.82) is 0 Å². The Morgan fingerprint density at radius 1 is 0.865 bits per heavy atom. The summed E-state index contributed by atoms with van der Waals surface area (Å²) in [4.78, 5) is 39.9. The third-order valence-corrected chi connectivity index (χ3v) is 6.44. The molecule has 0 saturated heterocycles. The lowest BCUT2D eigenvalue weighted by molar-refractivity contribution is -0.147. The van der Waals surface area contributed by atoms with E-state index in [9.17, 15) is 14.4 Å². The standard InChI is InChI=1S/C29H30N2O6/c1-17(2)26(29(34)37-5)31-16-20-7-6-19(14-25(20)28(31)33)18-8-10-22(11-9-18)30-27(32)21-12-23(35-3)15-24(13-21)36-4/h6-15,17,26H,16H2,1-5H3,(H,30,32). The number of benzene rings is 3. The van der Waals surface area contributed by atoms with Crippen LogP contribution in [0.4, 0.5) is 5.69 Å². The van der Waals surface area contributed by atoms with Gasteiger partial charge in [0.15, 0.2) is 0 Å². The van der Waals surface area contributed by atoms with Crippen LogP contribution in [0, 0.1) is 5.92 Å². The van der Waals surface area contributed by atoms with Gasteiger partial charge in [-0.3, -0.25) is 9.59 Å². The average Bonchev–Trinajstić information content (AvgIpc) is 3.23. The van der Waals surface area contributed by atoms with Gasteiger partial charge in [0.1, 0.15) is 17.5 Å². The second-order valence-electron chi connectivity index (χ2n) is 9.15. The van der Waals surface area contributed by atoms with Crippen LogP contribution in [0.1, 0.15) is 40.1 Å². The van der Waals surface area contributed by atoms with Gasteiger partial charge in [-0.2, -0.15) is 0 Å². The Balaban J connectivity index is 1.51. The van der Waals surface area contributed by atoms with E-state index >= 15 is 0 Å². The molecular formula is C29H30N2O6. The van der Waals surface area contributed by atoms with Crippen molar-refractivity contribution in [2.45, 2.75) is 26.4 Å². The van der Waals surface area contributed by atoms with Crippen LogP contribution in [-0.4, -0.2) is 50.1 Å². The SMILES string of the molecule is COC(=O)C(C(C)C)N1Cc2ccc(-c3ccc(NC(=O)c4cc(OC)cc(OC)c4)cc3)cc2C1=O. The van der Waals surface area contributed by atoms with E-state index in [1.165, 1.54) is 21.3 Å². The summed E-state index contributed by atoms with van der Waals surface area (Å²) < 4.78 is 15.4. The first kappa shape index (κ1) is 25.8. The molecule has 192 valence electrons. The zero-order chi connectivity index (χ0) is 26.7. The summed E-state index contributed by atoms with van der Waals surface area (Å²) in [5.74, 6) is 0.0798. The highest BCUT2D eigenvalue weighted by molar-refractivity contribution is 6.05. The minimum Gasteiger partial charge on any atom is -0.497 e. The Hall–Kier alpha value is -4.33. The molecule has 0 bridgehead atoms. The quantitative estimate of drug-likeness (QED) is 0.446. The summed E-state index contributed by atoms with van der Waals surface area (Å²) >= 11 is 0. The van der Waals surface area contributed by atoms with Crippen LogP contribution in [0.25, 0.3) is 11.1 Å². The topological polar surface area (TPSA) is 94.2 Å². The number of anilines is 1. The molecule has 0 spiro atoms. The van der Waals surface area contributed by atoms with Gasteiger partial charge in [-0.05, 0) is 52.9 Å². The van der Waals surface area contributed by atoms with Crippen molar-refractivity contribution in [2.75, 3.05) is 26.6 Å². The Morgan fingerprint density at radius 2 is 1.49 bits per heavy atom. The molecule has 8 heteroatoms. The Labute approximate surface area is 216 Å². The van der Waals surface area contributed by atoms with Gasteiger partial charge in [0.05, 0.1) is 21.3 Å². The highest BCUT2D eigenvalue weighted by Gasteiger charge is 2.38. The van der Waals surface area contributed by atoms with Crippen molar-refractivity contribution in [2.24, 2.45) is 5.92 Å². The van der Waals surface area contributed by atoms with E-state index in [1.54, 1.807) is 35.2 Å². The summed E-state index contributed by atoms with van der Waals surface area (Å²) in [6.07, 6.45) is 0. The molecule has 0 fully saturated rings. The highest BCUT2D eigenvalue weighted by Crippen LogP contribution is 2.32. The number of nitrogens with one attached hydrogen (secondary N) is 1. The zero-order valence-corrected chi connectivity index (χ0v) is 21.5. The van der Waals surface area contributed by atoms with Gasteiger partial charge in [-0.25, -0.2) is 4.79 Å². The van der Waals surface area contributed by atoms with Gasteiger partial charge in [-0.1, -0.05) is 38.1 Å². The van der Waals surface area contributed by atoms with Crippen molar-refractivity contribution in [3.05, 3.63) is 77.4 Å². The smallest absolute Gasteiger partial charge is 0.328 e. The van der Waals surface area contributed by atoms with Crippen LogP contribution in [0.2, 0.25) is 0 Å². The van der Waals surface area contributed by atoms with E-state index < -0.39 is 12.0 Å². The monoisotopic (exact) mass is 502 g/mol. The van der Waals surface area contributed by atoms with Gasteiger partial charge < -0.3 is 24.4 Å². The lowest BCUT2D eigenvalue weighted by atomic mass is 10.00. The number of methoxy groups -OCH3 is 3. The first-order chi connectivity index (χ1) is 17.7. The first-order valence-electron chi connectivity index (χ1n) is 11.9. The molecule has 0 aromatic heterocycles. The number of esters is 1. The molecule has 3 aromatic carbocycles. The van der Waals surface area contributed by atoms with E-state index in [1.807, 2.05) is 44.2 Å². The van der Waals surface area contributed by atoms with E-state index in [0.717, 1.165) is 16.7 Å². The molecule has 1 aliphatic rings. The number of amides is 2. The molecule has 0 radical (unpaired) electrons. The number of carbonyl (C=O) groups excluding carboxylic acids is 3. The number of hydrogen-bond donors (Lipinski definition) is 1. The zero-order valence-electron chi connectivity index (χ0n) is 21.5. The highest BCUT2D eigenvalue weighted by atomic mass is 16.5. The Morgan fingerprint density at radius 3 is 2.05 bits per heavy atom. The number of hydrogen-bond acceptors (Lipinski definition) is 6. The number of rotatable bonds is 8. The predicted octanol–water partition coefficient (Wildman–Crippen LogP) is 4.78. The second-order valence-corrected chi connectivity index (χ2v) is 9.15. The summed E-state index contributed by atoms with van der Waals surface area (Å²) in [5, 5.41) is 2.88. The van der Waals surface area contributed by atoms with Gasteiger partial charge >= 0.3 is 5.97 Å². The molecule has 1 N–H and O–H groups in total. The number of ether oxygens (including phenoxy) is 3. The maximum absolute atomic E-state index is 13.2. The molecule has 4 rings (SSSR count). The summed E-state index contributed by atoms with van der Waals surface area (Å²) in [7, 11) is 4.39. The molecule has 3 aromatic rings. The average molecular weight is 503 g/mol. The fourth-order valence-corrected chi connectivity index (χ4v) is 4.50. The van der Waals surface area contributed by atoms with Crippen LogP contribution in [0.3, 0.4) is 0 Å². The van der Waals surface area contributed by atoms with Crippen molar-refractivity contribution >= 4 is 23.5 Å². The van der Waals surface area contributed by atoms with Crippen LogP contribution in [0.5, 0.6) is 11.5 Å². The van der Waals surface area contributed by atoms with Crippen molar-refractivity contribution in [3.63, 3.8) is 0 Å². The van der Waals surface area contributed by atoms with Crippen LogP contribution >= 0.6 is 0 Å². The first-order valence-corrected chi connectivity index (χ1v) is 11.9. The van der Waals surface area contributed by atoms with E-state index in [0.29, 0.717) is 34.9 Å². The Bertz CT molecular complexity index is 1310. The predicted molar refractivity (Wildman–Crippen MR) is 140 cm³/mol. The summed E-state index contributed by atoms with van der Waals surface area (Å²) in [6, 6.07) is 17.4. The third kappa shape index (κ3) is 5.28. The second kappa shape index (κ2) is 10.7. The molecule has 1 unspecified atom stereocenters. The molecular weight excluding hydrogens is 472 g/mol. The van der Waals surface area contributed by atoms with Crippen LogP contribution in [0.15, 0.2) is 60.7 Å². The molecule has 8 nitrogen and oxygen atoms in total. The van der Waals surface area contributed by atoms with E-state index in [-0.39, 0.29) is 17.7 Å². The summed E-state index contributed by atoms with van der Waals surface area (Å²) in [5.41, 5.74) is 4.25. The fraction of sp³-hybridized carbons (Fsp3) is 0.276. The number of fused-ring (bicyclic) bond motifs is 1. The van der Waals surface area contributed by atoms with Gasteiger partial charge in [0.25, 0.3) is 11.8 Å². The van der Waals surface area contributed by atoms with Gasteiger partial charge in [0, 0.05) is 29.4 Å². The minimum atomic E-state index is -0.638. The van der Waals surface area contributed by atoms with Crippen molar-refractivity contribution < 1.29 is 28.6 Å². The lowest BCUT2D eigenvalue weighted by Gasteiger charge is -2.28. The van der Waals surface area contributed by atoms with Crippen LogP contribution < -0.4 is 14.8 Å². The number of nitrogens with zero attached hydrogens (tertiary/aromatic N) is 1.